The van der Waals surface area contributed by atoms with Crippen molar-refractivity contribution in [3.63, 3.8) is 0 Å². The monoisotopic (exact) mass is 267 g/mol. The number of carbonyl (C=O) groups excluding carboxylic acids is 1. The Kier molecular flexibility index (Phi) is 5.31. The second-order valence-electron chi connectivity index (χ2n) is 3.98. The summed E-state index contributed by atoms with van der Waals surface area (Å²) in [6, 6.07) is 6.59. The number of hydrogen-bond acceptors (Lipinski definition) is 3. The summed E-state index contributed by atoms with van der Waals surface area (Å²) in [5.74, 6) is -0.0772. The number of hydrogen-bond donors (Lipinski definition) is 2. The summed E-state index contributed by atoms with van der Waals surface area (Å²) in [7, 11) is 0. The molecule has 0 aromatic heterocycles. The maximum atomic E-state index is 11.5. The minimum Gasteiger partial charge on any atom is -0.333 e. The second kappa shape index (κ2) is 6.52. The zero-order valence-electron chi connectivity index (χ0n) is 10.6. The first-order chi connectivity index (χ1) is 8.51. The van der Waals surface area contributed by atoms with Crippen molar-refractivity contribution in [1.29, 1.82) is 5.41 Å². The van der Waals surface area contributed by atoms with Gasteiger partial charge >= 0.3 is 0 Å². The largest absolute Gasteiger partial charge is 0.333 e. The molecule has 0 aliphatic carbocycles. The fraction of sp³-hybridized carbons (Fsp3) is 0.385. The van der Waals surface area contributed by atoms with Crippen LogP contribution in [0, 0.1) is 5.41 Å². The first kappa shape index (κ1) is 14.7. The van der Waals surface area contributed by atoms with Gasteiger partial charge in [0.1, 0.15) is 0 Å². The Labute approximate surface area is 112 Å². The summed E-state index contributed by atoms with van der Waals surface area (Å²) in [5, 5.41) is 8.79. The molecule has 1 atom stereocenters. The van der Waals surface area contributed by atoms with E-state index in [1.807, 2.05) is 6.92 Å². The molecule has 1 rings (SSSR count). The molecule has 18 heavy (non-hydrogen) atoms. The molecule has 0 saturated heterocycles. The van der Waals surface area contributed by atoms with E-state index in [-0.39, 0.29) is 12.5 Å². The maximum absolute atomic E-state index is 11.5. The summed E-state index contributed by atoms with van der Waals surface area (Å²) >= 11 is 5.81. The van der Waals surface area contributed by atoms with Crippen LogP contribution >= 0.6 is 11.6 Å². The molecule has 0 radical (unpaired) electrons. The fourth-order valence-corrected chi connectivity index (χ4v) is 2.01. The smallest absolute Gasteiger partial charge is 0.220 e. The summed E-state index contributed by atoms with van der Waals surface area (Å²) < 4.78 is 0. The molecule has 0 fully saturated rings. The van der Waals surface area contributed by atoms with Gasteiger partial charge in [0.15, 0.2) is 0 Å². The number of rotatable bonds is 5. The normalized spacial score (nSPS) is 12.0. The van der Waals surface area contributed by atoms with Gasteiger partial charge in [0.2, 0.25) is 5.91 Å². The average molecular weight is 268 g/mol. The minimum absolute atomic E-state index is 0.0772. The standard InChI is InChI=1S/C13H18ClN3O/c1-3-17(9(2)18)12(8-15)13(16)10-4-6-11(14)7-5-10/h4-7,12,16H,3,8,15H2,1-2H3. The summed E-state index contributed by atoms with van der Waals surface area (Å²) in [4.78, 5) is 13.1. The van der Waals surface area contributed by atoms with Gasteiger partial charge in [0.25, 0.3) is 0 Å². The molecular weight excluding hydrogens is 250 g/mol. The molecule has 0 aliphatic heterocycles. The Hall–Kier alpha value is -1.39. The van der Waals surface area contributed by atoms with Crippen molar-refractivity contribution in [2.24, 2.45) is 5.73 Å². The summed E-state index contributed by atoms with van der Waals surface area (Å²) in [6.45, 7) is 4.13. The Bertz CT molecular complexity index is 430. The molecule has 0 bridgehead atoms. The van der Waals surface area contributed by atoms with Crippen LogP contribution in [-0.4, -0.2) is 35.7 Å². The van der Waals surface area contributed by atoms with Crippen LogP contribution in [0.25, 0.3) is 0 Å². The number of nitrogens with one attached hydrogen (secondary N) is 1. The van der Waals surface area contributed by atoms with Crippen LogP contribution in [0.1, 0.15) is 19.4 Å². The second-order valence-corrected chi connectivity index (χ2v) is 4.41. The molecule has 1 aromatic carbocycles. The molecule has 4 nitrogen and oxygen atoms in total. The Morgan fingerprint density at radius 3 is 2.39 bits per heavy atom. The fourth-order valence-electron chi connectivity index (χ4n) is 1.89. The van der Waals surface area contributed by atoms with Gasteiger partial charge in [-0.25, -0.2) is 0 Å². The van der Waals surface area contributed by atoms with Crippen molar-refractivity contribution < 1.29 is 4.79 Å². The molecule has 5 heteroatoms. The van der Waals surface area contributed by atoms with Crippen molar-refractivity contribution in [2.75, 3.05) is 13.1 Å². The lowest BCUT2D eigenvalue weighted by Crippen LogP contribution is -2.48. The molecule has 0 aliphatic rings. The van der Waals surface area contributed by atoms with Crippen molar-refractivity contribution in [3.05, 3.63) is 34.9 Å². The zero-order valence-corrected chi connectivity index (χ0v) is 11.4. The molecule has 1 amide bonds. The van der Waals surface area contributed by atoms with Gasteiger partial charge in [-0.15, -0.1) is 0 Å². The van der Waals surface area contributed by atoms with Crippen LogP contribution in [0.3, 0.4) is 0 Å². The molecule has 98 valence electrons. The van der Waals surface area contributed by atoms with Crippen molar-refractivity contribution in [1.82, 2.24) is 4.90 Å². The maximum Gasteiger partial charge on any atom is 0.220 e. The minimum atomic E-state index is -0.395. The number of halogens is 1. The number of amides is 1. The summed E-state index contributed by atoms with van der Waals surface area (Å²) in [5.41, 5.74) is 6.76. The van der Waals surface area contributed by atoms with E-state index >= 15 is 0 Å². The molecule has 0 saturated carbocycles. The lowest BCUT2D eigenvalue weighted by Gasteiger charge is -2.29. The van der Waals surface area contributed by atoms with Crippen molar-refractivity contribution in [3.8, 4) is 0 Å². The Balaban J connectivity index is 2.98. The third kappa shape index (κ3) is 3.31. The number of likely N-dealkylation sites (N-methyl/N-ethyl adjacent to an activating group) is 1. The molecular formula is C13H18ClN3O. The lowest BCUT2D eigenvalue weighted by molar-refractivity contribution is -0.129. The molecule has 0 spiro atoms. The van der Waals surface area contributed by atoms with Crippen LogP contribution < -0.4 is 5.73 Å². The lowest BCUT2D eigenvalue weighted by atomic mass is 10.0. The SMILES string of the molecule is CCN(C(C)=O)C(CN)C(=N)c1ccc(Cl)cc1. The van der Waals surface area contributed by atoms with E-state index in [9.17, 15) is 4.79 Å². The van der Waals surface area contributed by atoms with E-state index in [1.165, 1.54) is 6.92 Å². The van der Waals surface area contributed by atoms with Crippen LogP contribution in [0.2, 0.25) is 5.02 Å². The van der Waals surface area contributed by atoms with Gasteiger partial charge in [0, 0.05) is 25.0 Å². The molecule has 0 heterocycles. The van der Waals surface area contributed by atoms with Crippen molar-refractivity contribution >= 4 is 23.2 Å². The molecule has 1 unspecified atom stereocenters. The predicted molar refractivity (Wildman–Crippen MR) is 74.2 cm³/mol. The van der Waals surface area contributed by atoms with Gasteiger partial charge in [-0.2, -0.15) is 0 Å². The van der Waals surface area contributed by atoms with Crippen LogP contribution in [-0.2, 0) is 4.79 Å². The quantitative estimate of drug-likeness (QED) is 0.800. The topological polar surface area (TPSA) is 70.2 Å². The van der Waals surface area contributed by atoms with Gasteiger partial charge in [0.05, 0.1) is 11.8 Å². The highest BCUT2D eigenvalue weighted by molar-refractivity contribution is 6.30. The van der Waals surface area contributed by atoms with E-state index in [4.69, 9.17) is 22.7 Å². The van der Waals surface area contributed by atoms with E-state index in [0.717, 1.165) is 5.56 Å². The van der Waals surface area contributed by atoms with E-state index in [0.29, 0.717) is 17.3 Å². The van der Waals surface area contributed by atoms with Gasteiger partial charge < -0.3 is 16.0 Å². The summed E-state index contributed by atoms with van der Waals surface area (Å²) in [6.07, 6.45) is 0. The van der Waals surface area contributed by atoms with Crippen LogP contribution in [0.15, 0.2) is 24.3 Å². The van der Waals surface area contributed by atoms with E-state index in [2.05, 4.69) is 0 Å². The average Bonchev–Trinajstić information content (AvgIpc) is 2.35. The third-order valence-electron chi connectivity index (χ3n) is 2.83. The highest BCUT2D eigenvalue weighted by Crippen LogP contribution is 2.13. The molecule has 3 N–H and O–H groups in total. The van der Waals surface area contributed by atoms with Crippen molar-refractivity contribution in [2.45, 2.75) is 19.9 Å². The molecule has 1 aromatic rings. The van der Waals surface area contributed by atoms with Crippen LogP contribution in [0.4, 0.5) is 0 Å². The first-order valence-corrected chi connectivity index (χ1v) is 6.20. The number of carbonyl (C=O) groups is 1. The highest BCUT2D eigenvalue weighted by atomic mass is 35.5. The third-order valence-corrected chi connectivity index (χ3v) is 3.09. The Morgan fingerprint density at radius 1 is 1.44 bits per heavy atom. The first-order valence-electron chi connectivity index (χ1n) is 5.82. The Morgan fingerprint density at radius 2 is 2.00 bits per heavy atom. The number of nitrogens with two attached hydrogens (primary N) is 1. The van der Waals surface area contributed by atoms with Gasteiger partial charge in [-0.05, 0) is 24.6 Å². The van der Waals surface area contributed by atoms with E-state index in [1.54, 1.807) is 29.2 Å². The number of nitrogens with zero attached hydrogens (tertiary/aromatic N) is 1. The van der Waals surface area contributed by atoms with Gasteiger partial charge in [-0.3, -0.25) is 4.79 Å². The predicted octanol–water partition coefficient (Wildman–Crippen LogP) is 1.90. The van der Waals surface area contributed by atoms with E-state index < -0.39 is 6.04 Å². The van der Waals surface area contributed by atoms with Crippen LogP contribution in [0.5, 0.6) is 0 Å². The highest BCUT2D eigenvalue weighted by Gasteiger charge is 2.23. The zero-order chi connectivity index (χ0) is 13.7. The van der Waals surface area contributed by atoms with Gasteiger partial charge in [-0.1, -0.05) is 23.7 Å². The number of benzene rings is 1.